The Kier molecular flexibility index (Phi) is 7.68. The minimum absolute atomic E-state index is 0.0674. The van der Waals surface area contributed by atoms with Gasteiger partial charge in [-0.2, -0.15) is 10.3 Å². The summed E-state index contributed by atoms with van der Waals surface area (Å²) in [5.41, 5.74) is 0.989. The zero-order valence-corrected chi connectivity index (χ0v) is 15.7. The summed E-state index contributed by atoms with van der Waals surface area (Å²) in [5.74, 6) is 2.31. The second-order valence-electron chi connectivity index (χ2n) is 5.32. The number of thioether (sulfide) groups is 1. The second-order valence-corrected chi connectivity index (χ2v) is 6.85. The van der Waals surface area contributed by atoms with Gasteiger partial charge < -0.3 is 14.8 Å². The van der Waals surface area contributed by atoms with Crippen LogP contribution >= 0.6 is 23.4 Å². The minimum atomic E-state index is 0.0674. The molecule has 0 saturated carbocycles. The number of hydrogen-bond acceptors (Lipinski definition) is 6. The maximum Gasteiger partial charge on any atom is 0.163 e. The molecule has 2 N–H and O–H groups in total. The van der Waals surface area contributed by atoms with Gasteiger partial charge in [-0.05, 0) is 32.4 Å². The number of halogens is 1. The van der Waals surface area contributed by atoms with Crippen LogP contribution in [0.2, 0.25) is 5.02 Å². The van der Waals surface area contributed by atoms with Gasteiger partial charge in [0.25, 0.3) is 0 Å². The molecule has 0 aliphatic carbocycles. The molecule has 1 heterocycles. The Morgan fingerprint density at radius 3 is 2.83 bits per heavy atom. The van der Waals surface area contributed by atoms with Crippen molar-refractivity contribution in [2.45, 2.75) is 38.4 Å². The molecular weight excluding hydrogens is 348 g/mol. The first-order chi connectivity index (χ1) is 11.6. The summed E-state index contributed by atoms with van der Waals surface area (Å²) < 4.78 is 11.4. The zero-order valence-electron chi connectivity index (χ0n) is 14.1. The van der Waals surface area contributed by atoms with Gasteiger partial charge in [-0.25, -0.2) is 0 Å². The molecule has 0 aliphatic heterocycles. The van der Waals surface area contributed by atoms with Crippen LogP contribution < -0.4 is 14.8 Å². The van der Waals surface area contributed by atoms with Crippen molar-refractivity contribution in [3.05, 3.63) is 28.9 Å². The molecule has 132 valence electrons. The molecular formula is C16H23ClN4O2S. The molecule has 2 aromatic rings. The van der Waals surface area contributed by atoms with E-state index in [9.17, 15) is 0 Å². The van der Waals surface area contributed by atoms with Crippen molar-refractivity contribution in [1.82, 2.24) is 20.7 Å². The molecule has 0 amide bonds. The molecule has 0 bridgehead atoms. The van der Waals surface area contributed by atoms with Crippen LogP contribution in [0.3, 0.4) is 0 Å². The van der Waals surface area contributed by atoms with Gasteiger partial charge in [0, 0.05) is 29.9 Å². The quantitative estimate of drug-likeness (QED) is 0.492. The van der Waals surface area contributed by atoms with E-state index < -0.39 is 0 Å². The van der Waals surface area contributed by atoms with Crippen LogP contribution in [0.4, 0.5) is 0 Å². The smallest absolute Gasteiger partial charge is 0.163 e. The van der Waals surface area contributed by atoms with E-state index in [2.05, 4.69) is 20.7 Å². The summed E-state index contributed by atoms with van der Waals surface area (Å²) in [6.07, 6.45) is 1.78. The molecule has 1 aromatic heterocycles. The van der Waals surface area contributed by atoms with Crippen LogP contribution in [-0.4, -0.2) is 40.4 Å². The monoisotopic (exact) mass is 370 g/mol. The number of aromatic amines is 1. The summed E-state index contributed by atoms with van der Waals surface area (Å²) in [5, 5.41) is 15.3. The van der Waals surface area contributed by atoms with Crippen molar-refractivity contribution in [2.24, 2.45) is 0 Å². The van der Waals surface area contributed by atoms with Crippen molar-refractivity contribution >= 4 is 23.4 Å². The Hall–Kier alpha value is -1.44. The SMILES string of the molecule is CCOc1cc(CNCCSc2cn[nH]n2)c(Cl)cc1OC(C)C. The van der Waals surface area contributed by atoms with Gasteiger partial charge in [0.2, 0.25) is 0 Å². The molecule has 2 rings (SSSR count). The molecule has 0 radical (unpaired) electrons. The van der Waals surface area contributed by atoms with E-state index in [0.717, 1.165) is 28.6 Å². The van der Waals surface area contributed by atoms with Crippen LogP contribution in [-0.2, 0) is 6.54 Å². The lowest BCUT2D eigenvalue weighted by atomic mass is 10.2. The largest absolute Gasteiger partial charge is 0.490 e. The van der Waals surface area contributed by atoms with Gasteiger partial charge in [0.1, 0.15) is 5.03 Å². The van der Waals surface area contributed by atoms with Crippen molar-refractivity contribution in [1.29, 1.82) is 0 Å². The molecule has 1 aromatic carbocycles. The number of ether oxygens (including phenoxy) is 2. The summed E-state index contributed by atoms with van der Waals surface area (Å²) >= 11 is 8.02. The molecule has 0 atom stereocenters. The number of nitrogens with zero attached hydrogens (tertiary/aromatic N) is 2. The highest BCUT2D eigenvalue weighted by Crippen LogP contribution is 2.34. The summed E-state index contributed by atoms with van der Waals surface area (Å²) in [4.78, 5) is 0. The molecule has 0 aliphatic rings. The van der Waals surface area contributed by atoms with Gasteiger partial charge in [-0.15, -0.1) is 16.9 Å². The Labute approximate surface area is 151 Å². The van der Waals surface area contributed by atoms with E-state index in [1.807, 2.05) is 32.9 Å². The third-order valence-electron chi connectivity index (χ3n) is 3.01. The lowest BCUT2D eigenvalue weighted by molar-refractivity contribution is 0.223. The number of aromatic nitrogens is 3. The predicted octanol–water partition coefficient (Wildman–Crippen LogP) is 3.53. The van der Waals surface area contributed by atoms with Gasteiger partial charge in [0.05, 0.1) is 18.9 Å². The lowest BCUT2D eigenvalue weighted by Gasteiger charge is -2.17. The molecule has 6 nitrogen and oxygen atoms in total. The minimum Gasteiger partial charge on any atom is -0.490 e. The third-order valence-corrected chi connectivity index (χ3v) is 4.26. The molecule has 24 heavy (non-hydrogen) atoms. The van der Waals surface area contributed by atoms with E-state index >= 15 is 0 Å². The van der Waals surface area contributed by atoms with Crippen molar-refractivity contribution in [3.8, 4) is 11.5 Å². The second kappa shape index (κ2) is 9.76. The fraction of sp³-hybridized carbons (Fsp3) is 0.500. The number of hydrogen-bond donors (Lipinski definition) is 2. The predicted molar refractivity (Wildman–Crippen MR) is 97.2 cm³/mol. The van der Waals surface area contributed by atoms with Crippen molar-refractivity contribution in [3.63, 3.8) is 0 Å². The van der Waals surface area contributed by atoms with E-state index in [4.69, 9.17) is 21.1 Å². The third kappa shape index (κ3) is 5.89. The molecule has 0 unspecified atom stereocenters. The normalized spacial score (nSPS) is 11.0. The van der Waals surface area contributed by atoms with E-state index in [-0.39, 0.29) is 6.10 Å². The molecule has 0 fully saturated rings. The first-order valence-corrected chi connectivity index (χ1v) is 9.27. The highest BCUT2D eigenvalue weighted by molar-refractivity contribution is 7.99. The Bertz CT molecular complexity index is 623. The van der Waals surface area contributed by atoms with Crippen LogP contribution in [0.15, 0.2) is 23.4 Å². The van der Waals surface area contributed by atoms with Gasteiger partial charge in [-0.3, -0.25) is 0 Å². The average molecular weight is 371 g/mol. The average Bonchev–Trinajstić information content (AvgIpc) is 3.04. The van der Waals surface area contributed by atoms with Crippen LogP contribution in [0.5, 0.6) is 11.5 Å². The molecule has 0 saturated heterocycles. The van der Waals surface area contributed by atoms with Gasteiger partial charge in [-0.1, -0.05) is 11.6 Å². The summed E-state index contributed by atoms with van der Waals surface area (Å²) in [7, 11) is 0. The van der Waals surface area contributed by atoms with Gasteiger partial charge in [0.15, 0.2) is 11.5 Å². The maximum atomic E-state index is 6.38. The Morgan fingerprint density at radius 2 is 2.17 bits per heavy atom. The first kappa shape index (κ1) is 18.9. The standard InChI is InChI=1S/C16H23ClN4O2S/c1-4-22-14-7-12(13(17)8-15(14)23-11(2)3)9-18-5-6-24-16-10-19-21-20-16/h7-8,10-11,18H,4-6,9H2,1-3H3,(H,19,20,21). The van der Waals surface area contributed by atoms with Crippen LogP contribution in [0.1, 0.15) is 26.3 Å². The summed E-state index contributed by atoms with van der Waals surface area (Å²) in [6, 6.07) is 3.77. The first-order valence-electron chi connectivity index (χ1n) is 7.91. The van der Waals surface area contributed by atoms with Gasteiger partial charge >= 0.3 is 0 Å². The Balaban J connectivity index is 1.90. The Morgan fingerprint density at radius 1 is 1.33 bits per heavy atom. The number of nitrogens with one attached hydrogen (secondary N) is 2. The molecule has 0 spiro atoms. The van der Waals surface area contributed by atoms with E-state index in [0.29, 0.717) is 23.9 Å². The number of rotatable bonds is 10. The highest BCUT2D eigenvalue weighted by Gasteiger charge is 2.12. The zero-order chi connectivity index (χ0) is 17.4. The number of benzene rings is 1. The topological polar surface area (TPSA) is 72.1 Å². The van der Waals surface area contributed by atoms with Crippen molar-refractivity contribution in [2.75, 3.05) is 18.9 Å². The summed E-state index contributed by atoms with van der Waals surface area (Å²) in [6.45, 7) is 7.99. The highest BCUT2D eigenvalue weighted by atomic mass is 35.5. The maximum absolute atomic E-state index is 6.38. The van der Waals surface area contributed by atoms with Crippen LogP contribution in [0, 0.1) is 0 Å². The lowest BCUT2D eigenvalue weighted by Crippen LogP contribution is -2.17. The fourth-order valence-corrected chi connectivity index (χ4v) is 2.95. The van der Waals surface area contributed by atoms with Crippen LogP contribution in [0.25, 0.3) is 0 Å². The molecule has 8 heteroatoms. The van der Waals surface area contributed by atoms with E-state index in [1.165, 1.54) is 0 Å². The fourth-order valence-electron chi connectivity index (χ4n) is 2.04. The van der Waals surface area contributed by atoms with E-state index in [1.54, 1.807) is 18.0 Å². The number of H-pyrrole nitrogens is 1. The van der Waals surface area contributed by atoms with Crippen molar-refractivity contribution < 1.29 is 9.47 Å².